The lowest BCUT2D eigenvalue weighted by Gasteiger charge is -2.36. The minimum Gasteiger partial charge on any atom is -0.362 e. The van der Waals surface area contributed by atoms with E-state index in [1.807, 2.05) is 31.3 Å². The van der Waals surface area contributed by atoms with Crippen LogP contribution in [0, 0.1) is 12.8 Å². The van der Waals surface area contributed by atoms with E-state index >= 15 is 0 Å². The van der Waals surface area contributed by atoms with Crippen LogP contribution in [0.5, 0.6) is 0 Å². The number of hydrogen-bond donors (Lipinski definition) is 0. The van der Waals surface area contributed by atoms with Gasteiger partial charge in [0.15, 0.2) is 0 Å². The molecule has 2 aromatic rings. The highest BCUT2D eigenvalue weighted by atomic mass is 16.2. The number of piperidine rings is 1. The van der Waals surface area contributed by atoms with Crippen molar-refractivity contribution in [1.29, 1.82) is 0 Å². The largest absolute Gasteiger partial charge is 0.362 e. The predicted octanol–water partition coefficient (Wildman–Crippen LogP) is 3.66. The van der Waals surface area contributed by atoms with Gasteiger partial charge >= 0.3 is 0 Å². The number of hydrogen-bond acceptors (Lipinski definition) is 6. The summed E-state index contributed by atoms with van der Waals surface area (Å²) in [6.07, 6.45) is 9.06. The number of anilines is 2. The maximum Gasteiger partial charge on any atom is 0.228 e. The van der Waals surface area contributed by atoms with Crippen LogP contribution in [0.2, 0.25) is 0 Å². The lowest BCUT2D eigenvalue weighted by Crippen LogP contribution is -2.39. The normalized spacial score (nSPS) is 21.5. The number of likely N-dealkylation sites (tertiary alicyclic amines) is 1. The molecular formula is C25H34N6O. The third kappa shape index (κ3) is 4.22. The van der Waals surface area contributed by atoms with Gasteiger partial charge in [0.05, 0.1) is 6.04 Å². The van der Waals surface area contributed by atoms with E-state index in [2.05, 4.69) is 27.8 Å². The summed E-state index contributed by atoms with van der Waals surface area (Å²) in [5, 5.41) is 0. The zero-order chi connectivity index (χ0) is 22.2. The van der Waals surface area contributed by atoms with Gasteiger partial charge in [0.1, 0.15) is 17.5 Å². The van der Waals surface area contributed by atoms with Gasteiger partial charge in [0.25, 0.3) is 0 Å². The number of aromatic nitrogens is 3. The summed E-state index contributed by atoms with van der Waals surface area (Å²) < 4.78 is 0. The number of amides is 1. The summed E-state index contributed by atoms with van der Waals surface area (Å²) >= 11 is 0. The average molecular weight is 435 g/mol. The van der Waals surface area contributed by atoms with Crippen molar-refractivity contribution in [2.75, 3.05) is 37.0 Å². The molecular weight excluding hydrogens is 400 g/mol. The molecule has 0 aromatic carbocycles. The van der Waals surface area contributed by atoms with Crippen LogP contribution in [0.4, 0.5) is 11.6 Å². The zero-order valence-corrected chi connectivity index (χ0v) is 19.5. The number of pyridine rings is 1. The van der Waals surface area contributed by atoms with Gasteiger partial charge < -0.3 is 4.90 Å². The Morgan fingerprint density at radius 2 is 1.97 bits per heavy atom. The monoisotopic (exact) mass is 434 g/mol. The van der Waals surface area contributed by atoms with Crippen molar-refractivity contribution >= 4 is 17.5 Å². The Balaban J connectivity index is 1.47. The molecule has 1 aliphatic carbocycles. The second-order valence-electron chi connectivity index (χ2n) is 9.78. The van der Waals surface area contributed by atoms with Crippen molar-refractivity contribution in [3.63, 3.8) is 0 Å². The van der Waals surface area contributed by atoms with Gasteiger partial charge in [-0.2, -0.15) is 0 Å². The first-order valence-electron chi connectivity index (χ1n) is 12.0. The third-order valence-electron chi connectivity index (χ3n) is 7.07. The number of fused-ring (bicyclic) bond motifs is 1. The van der Waals surface area contributed by atoms with Crippen LogP contribution in [0.3, 0.4) is 0 Å². The molecule has 2 fully saturated rings. The van der Waals surface area contributed by atoms with Crippen molar-refractivity contribution in [1.82, 2.24) is 19.9 Å². The van der Waals surface area contributed by atoms with Crippen molar-refractivity contribution in [2.24, 2.45) is 5.92 Å². The van der Waals surface area contributed by atoms with Crippen LogP contribution < -0.4 is 9.80 Å². The molecule has 0 radical (unpaired) electrons. The fourth-order valence-electron chi connectivity index (χ4n) is 5.15. The molecule has 1 atom stereocenters. The van der Waals surface area contributed by atoms with Gasteiger partial charge in [-0.25, -0.2) is 15.0 Å². The first kappa shape index (κ1) is 21.3. The van der Waals surface area contributed by atoms with E-state index in [0.717, 1.165) is 55.6 Å². The number of nitrogens with zero attached hydrogens (tertiary/aromatic N) is 6. The van der Waals surface area contributed by atoms with Crippen LogP contribution in [0.25, 0.3) is 0 Å². The summed E-state index contributed by atoms with van der Waals surface area (Å²) in [4.78, 5) is 34.0. The fraction of sp³-hybridized carbons (Fsp3) is 0.600. The summed E-state index contributed by atoms with van der Waals surface area (Å²) in [6.45, 7) is 4.76. The molecule has 3 aliphatic rings. The Morgan fingerprint density at radius 1 is 1.12 bits per heavy atom. The van der Waals surface area contributed by atoms with Gasteiger partial charge in [-0.15, -0.1) is 0 Å². The van der Waals surface area contributed by atoms with Crippen LogP contribution in [0.15, 0.2) is 18.3 Å². The Bertz CT molecular complexity index is 1000. The molecule has 1 saturated carbocycles. The summed E-state index contributed by atoms with van der Waals surface area (Å²) in [6, 6.07) is 4.35. The predicted molar refractivity (Wildman–Crippen MR) is 126 cm³/mol. The quantitative estimate of drug-likeness (QED) is 0.691. The molecule has 1 saturated heterocycles. The van der Waals surface area contributed by atoms with Crippen LogP contribution >= 0.6 is 0 Å². The number of carbonyl (C=O) groups is 1. The number of carbonyl (C=O) groups excluding carboxylic acids is 1. The van der Waals surface area contributed by atoms with Gasteiger partial charge in [0, 0.05) is 56.6 Å². The van der Waals surface area contributed by atoms with E-state index in [9.17, 15) is 4.79 Å². The summed E-state index contributed by atoms with van der Waals surface area (Å²) in [5.41, 5.74) is 3.43. The van der Waals surface area contributed by atoms with Crippen LogP contribution in [-0.2, 0) is 17.8 Å². The molecule has 0 unspecified atom stereocenters. The zero-order valence-electron chi connectivity index (χ0n) is 19.5. The van der Waals surface area contributed by atoms with Gasteiger partial charge in [-0.1, -0.05) is 12.5 Å². The molecule has 1 amide bonds. The van der Waals surface area contributed by atoms with E-state index in [4.69, 9.17) is 9.97 Å². The van der Waals surface area contributed by atoms with E-state index in [1.54, 1.807) is 0 Å². The standard InChI is InChI=1S/C25H34N6O/c1-17-20-11-12-22(32)31(15-18-9-10-18)25(20)28-23(27-17)21-8-4-5-14-30(21)16-19-7-6-13-26-24(19)29(2)3/h6-7,13,18,21H,4-5,8-12,14-16H2,1-3H3/t21-/m0/s1. The highest BCUT2D eigenvalue weighted by molar-refractivity contribution is 5.95. The molecule has 5 rings (SSSR count). The van der Waals surface area contributed by atoms with Gasteiger partial charge in [-0.05, 0) is 57.6 Å². The maximum absolute atomic E-state index is 12.8. The Labute approximate surface area is 190 Å². The van der Waals surface area contributed by atoms with Crippen LogP contribution in [-0.4, -0.2) is 52.9 Å². The Kier molecular flexibility index (Phi) is 5.84. The lowest BCUT2D eigenvalue weighted by molar-refractivity contribution is -0.119. The molecule has 2 aliphatic heterocycles. The minimum absolute atomic E-state index is 0.169. The highest BCUT2D eigenvalue weighted by Gasteiger charge is 2.35. The Hall–Kier alpha value is -2.54. The average Bonchev–Trinajstić information content (AvgIpc) is 3.60. The third-order valence-corrected chi connectivity index (χ3v) is 7.07. The second-order valence-corrected chi connectivity index (χ2v) is 9.78. The summed E-state index contributed by atoms with van der Waals surface area (Å²) in [7, 11) is 4.09. The Morgan fingerprint density at radius 3 is 2.75 bits per heavy atom. The van der Waals surface area contributed by atoms with Crippen molar-refractivity contribution in [3.05, 3.63) is 41.0 Å². The SMILES string of the molecule is Cc1nc([C@@H]2CCCCN2Cc2cccnc2N(C)C)nc2c1CCC(=O)N2CC1CC1. The molecule has 4 heterocycles. The number of rotatable bonds is 6. The van der Waals surface area contributed by atoms with Crippen LogP contribution in [0.1, 0.15) is 67.2 Å². The molecule has 0 spiro atoms. The smallest absolute Gasteiger partial charge is 0.228 e. The number of aryl methyl sites for hydroxylation is 1. The van der Waals surface area contributed by atoms with Crippen molar-refractivity contribution in [2.45, 2.75) is 64.5 Å². The molecule has 170 valence electrons. The summed E-state index contributed by atoms with van der Waals surface area (Å²) in [5.74, 6) is 3.65. The molecule has 7 heteroatoms. The van der Waals surface area contributed by atoms with Crippen molar-refractivity contribution < 1.29 is 4.79 Å². The van der Waals surface area contributed by atoms with Gasteiger partial charge in [-0.3, -0.25) is 14.6 Å². The molecule has 32 heavy (non-hydrogen) atoms. The van der Waals surface area contributed by atoms with Crippen molar-refractivity contribution in [3.8, 4) is 0 Å². The molecule has 0 bridgehead atoms. The van der Waals surface area contributed by atoms with E-state index in [-0.39, 0.29) is 11.9 Å². The first-order chi connectivity index (χ1) is 15.5. The minimum atomic E-state index is 0.169. The highest BCUT2D eigenvalue weighted by Crippen LogP contribution is 2.37. The van der Waals surface area contributed by atoms with E-state index in [1.165, 1.54) is 36.8 Å². The maximum atomic E-state index is 12.8. The first-order valence-corrected chi connectivity index (χ1v) is 12.0. The lowest BCUT2D eigenvalue weighted by atomic mass is 9.98. The molecule has 7 nitrogen and oxygen atoms in total. The second kappa shape index (κ2) is 8.77. The molecule has 0 N–H and O–H groups in total. The fourth-order valence-corrected chi connectivity index (χ4v) is 5.15. The van der Waals surface area contributed by atoms with Gasteiger partial charge in [0.2, 0.25) is 5.91 Å². The topological polar surface area (TPSA) is 65.5 Å². The molecule has 2 aromatic heterocycles. The van der Waals surface area contributed by atoms with E-state index in [0.29, 0.717) is 12.3 Å². The van der Waals surface area contributed by atoms with E-state index < -0.39 is 0 Å².